The number of carboxylic acids is 1. The number of aliphatic carboxylic acids is 1. The van der Waals surface area contributed by atoms with Crippen molar-refractivity contribution >= 4 is 11.7 Å². The predicted octanol–water partition coefficient (Wildman–Crippen LogP) is 5.55. The maximum Gasteiger partial charge on any atom is 0.308 e. The topological polar surface area (TPSA) is 69.6 Å². The van der Waals surface area contributed by atoms with Gasteiger partial charge in [0, 0.05) is 5.69 Å². The molecule has 0 bridgehead atoms. The second kappa shape index (κ2) is 9.87. The number of carboxylic acid groups (broad SMARTS) is 1. The van der Waals surface area contributed by atoms with E-state index in [1.807, 2.05) is 0 Å². The molecule has 3 aromatic carbocycles. The Balaban J connectivity index is 1.79. The Hall–Kier alpha value is -3.41. The fourth-order valence-corrected chi connectivity index (χ4v) is 3.43. The Morgan fingerprint density at radius 3 is 2.00 bits per heavy atom. The van der Waals surface area contributed by atoms with Crippen LogP contribution in [0.5, 0.6) is 5.75 Å². The van der Waals surface area contributed by atoms with Crippen LogP contribution >= 0.6 is 0 Å². The van der Waals surface area contributed by atoms with Gasteiger partial charge in [0.15, 0.2) is 0 Å². The molecule has 3 rings (SSSR count). The summed E-state index contributed by atoms with van der Waals surface area (Å²) >= 11 is 0. The number of aryl methyl sites for hydroxylation is 1. The number of hydrogen-bond acceptors (Lipinski definition) is 3. The van der Waals surface area contributed by atoms with Gasteiger partial charge in [-0.25, -0.2) is 8.78 Å². The monoisotopic (exact) mass is 411 g/mol. The lowest BCUT2D eigenvalue weighted by molar-refractivity contribution is -0.142. The summed E-state index contributed by atoms with van der Waals surface area (Å²) < 4.78 is 26.3. The van der Waals surface area contributed by atoms with Crippen molar-refractivity contribution in [3.63, 3.8) is 0 Å². The van der Waals surface area contributed by atoms with Crippen LogP contribution in [0.25, 0.3) is 0 Å². The largest absolute Gasteiger partial charge is 0.508 e. The van der Waals surface area contributed by atoms with E-state index in [1.54, 1.807) is 36.4 Å². The van der Waals surface area contributed by atoms with E-state index < -0.39 is 17.9 Å². The van der Waals surface area contributed by atoms with Crippen molar-refractivity contribution in [2.75, 3.05) is 5.32 Å². The summed E-state index contributed by atoms with van der Waals surface area (Å²) in [5, 5.41) is 22.7. The van der Waals surface area contributed by atoms with Crippen LogP contribution in [0.3, 0.4) is 0 Å². The van der Waals surface area contributed by atoms with Gasteiger partial charge >= 0.3 is 5.97 Å². The number of aromatic hydroxyl groups is 1. The van der Waals surface area contributed by atoms with Gasteiger partial charge < -0.3 is 15.5 Å². The second-order valence-corrected chi connectivity index (χ2v) is 7.18. The maximum atomic E-state index is 13.3. The smallest absolute Gasteiger partial charge is 0.308 e. The van der Waals surface area contributed by atoms with Gasteiger partial charge in [-0.3, -0.25) is 4.79 Å². The summed E-state index contributed by atoms with van der Waals surface area (Å²) in [6, 6.07) is 17.7. The number of rotatable bonds is 9. The third kappa shape index (κ3) is 5.80. The zero-order valence-electron chi connectivity index (χ0n) is 16.3. The number of phenols is 1. The minimum absolute atomic E-state index is 0.0856. The lowest BCUT2D eigenvalue weighted by atomic mass is 9.88. The molecule has 0 aliphatic rings. The average Bonchev–Trinajstić information content (AvgIpc) is 2.73. The lowest BCUT2D eigenvalue weighted by Gasteiger charge is -2.27. The highest BCUT2D eigenvalue weighted by Crippen LogP contribution is 2.32. The first-order chi connectivity index (χ1) is 14.4. The molecular formula is C24H23F2NO3. The Labute approximate surface area is 173 Å². The van der Waals surface area contributed by atoms with E-state index in [0.717, 1.165) is 5.56 Å². The molecule has 0 aromatic heterocycles. The summed E-state index contributed by atoms with van der Waals surface area (Å²) in [6.07, 6.45) is 1.61. The van der Waals surface area contributed by atoms with Crippen molar-refractivity contribution in [3.8, 4) is 5.75 Å². The number of benzene rings is 3. The van der Waals surface area contributed by atoms with E-state index >= 15 is 0 Å². The van der Waals surface area contributed by atoms with Gasteiger partial charge in [0.2, 0.25) is 0 Å². The molecule has 3 aromatic rings. The molecule has 4 nitrogen and oxygen atoms in total. The number of hydrogen-bond donors (Lipinski definition) is 3. The van der Waals surface area contributed by atoms with Gasteiger partial charge in [0.05, 0.1) is 12.0 Å². The number of halogens is 2. The molecule has 30 heavy (non-hydrogen) atoms. The average molecular weight is 411 g/mol. The van der Waals surface area contributed by atoms with Crippen molar-refractivity contribution in [2.24, 2.45) is 5.92 Å². The predicted molar refractivity (Wildman–Crippen MR) is 111 cm³/mol. The first-order valence-corrected chi connectivity index (χ1v) is 9.70. The van der Waals surface area contributed by atoms with Gasteiger partial charge in [0.1, 0.15) is 17.4 Å². The van der Waals surface area contributed by atoms with Crippen LogP contribution in [-0.4, -0.2) is 16.2 Å². The van der Waals surface area contributed by atoms with E-state index in [2.05, 4.69) is 5.32 Å². The van der Waals surface area contributed by atoms with Gasteiger partial charge in [0.25, 0.3) is 0 Å². The van der Waals surface area contributed by atoms with Gasteiger partial charge in [-0.15, -0.1) is 0 Å². The Bertz CT molecular complexity index is 957. The van der Waals surface area contributed by atoms with Crippen molar-refractivity contribution in [1.82, 2.24) is 0 Å². The molecule has 0 radical (unpaired) electrons. The van der Waals surface area contributed by atoms with Gasteiger partial charge in [-0.05, 0) is 78.9 Å². The quantitative estimate of drug-likeness (QED) is 0.432. The van der Waals surface area contributed by atoms with Crippen LogP contribution in [-0.2, 0) is 11.2 Å². The number of anilines is 1. The molecule has 2 unspecified atom stereocenters. The van der Waals surface area contributed by atoms with Crippen molar-refractivity contribution < 1.29 is 23.8 Å². The SMILES string of the molecule is O=C(O)C(CCCc1ccc(F)cc1)C(Nc1ccc(F)cc1)c1ccc(O)cc1. The van der Waals surface area contributed by atoms with Gasteiger partial charge in [-0.2, -0.15) is 0 Å². The fourth-order valence-electron chi connectivity index (χ4n) is 3.43. The number of carbonyl (C=O) groups is 1. The molecule has 0 amide bonds. The van der Waals surface area contributed by atoms with E-state index in [0.29, 0.717) is 30.5 Å². The Morgan fingerprint density at radius 2 is 1.43 bits per heavy atom. The molecule has 0 saturated heterocycles. The summed E-state index contributed by atoms with van der Waals surface area (Å²) in [5.41, 5.74) is 2.23. The van der Waals surface area contributed by atoms with E-state index in [9.17, 15) is 23.8 Å². The summed E-state index contributed by atoms with van der Waals surface area (Å²) in [6.45, 7) is 0. The van der Waals surface area contributed by atoms with E-state index in [4.69, 9.17) is 0 Å². The molecule has 0 spiro atoms. The van der Waals surface area contributed by atoms with Gasteiger partial charge in [-0.1, -0.05) is 24.3 Å². The van der Waals surface area contributed by atoms with E-state index in [-0.39, 0.29) is 17.4 Å². The highest BCUT2D eigenvalue weighted by molar-refractivity contribution is 5.72. The third-order valence-corrected chi connectivity index (χ3v) is 5.03. The van der Waals surface area contributed by atoms with Crippen molar-refractivity contribution in [3.05, 3.63) is 95.6 Å². The number of nitrogens with one attached hydrogen (secondary N) is 1. The first-order valence-electron chi connectivity index (χ1n) is 9.70. The molecular weight excluding hydrogens is 388 g/mol. The highest BCUT2D eigenvalue weighted by atomic mass is 19.1. The molecule has 156 valence electrons. The molecule has 3 N–H and O–H groups in total. The molecule has 0 heterocycles. The van der Waals surface area contributed by atoms with Crippen LogP contribution in [0.4, 0.5) is 14.5 Å². The fraction of sp³-hybridized carbons (Fsp3) is 0.208. The third-order valence-electron chi connectivity index (χ3n) is 5.03. The normalized spacial score (nSPS) is 12.9. The van der Waals surface area contributed by atoms with Crippen LogP contribution < -0.4 is 5.32 Å². The minimum atomic E-state index is -0.957. The lowest BCUT2D eigenvalue weighted by Crippen LogP contribution is -2.28. The van der Waals surface area contributed by atoms with Crippen molar-refractivity contribution in [1.29, 1.82) is 0 Å². The summed E-state index contributed by atoms with van der Waals surface area (Å²) in [7, 11) is 0. The molecule has 6 heteroatoms. The number of phenolic OH excluding ortho intramolecular Hbond substituents is 1. The van der Waals surface area contributed by atoms with Crippen LogP contribution in [0.1, 0.15) is 30.0 Å². The zero-order chi connectivity index (χ0) is 21.5. The van der Waals surface area contributed by atoms with Crippen LogP contribution in [0, 0.1) is 17.6 Å². The van der Waals surface area contributed by atoms with E-state index in [1.165, 1.54) is 36.4 Å². The molecule has 0 aliphatic heterocycles. The molecule has 0 aliphatic carbocycles. The molecule has 0 saturated carbocycles. The Kier molecular flexibility index (Phi) is 7.01. The standard InChI is InChI=1S/C24H23F2NO3/c25-18-8-4-16(5-9-18)2-1-3-22(24(29)30)23(17-6-14-21(28)15-7-17)27-20-12-10-19(26)11-13-20/h4-15,22-23,27-28H,1-3H2,(H,29,30). The molecule has 0 fully saturated rings. The second-order valence-electron chi connectivity index (χ2n) is 7.18. The summed E-state index contributed by atoms with van der Waals surface area (Å²) in [4.78, 5) is 12.1. The minimum Gasteiger partial charge on any atom is -0.508 e. The van der Waals surface area contributed by atoms with Crippen molar-refractivity contribution in [2.45, 2.75) is 25.3 Å². The maximum absolute atomic E-state index is 13.3. The molecule has 2 atom stereocenters. The highest BCUT2D eigenvalue weighted by Gasteiger charge is 2.29. The van der Waals surface area contributed by atoms with Crippen LogP contribution in [0.2, 0.25) is 0 Å². The Morgan fingerprint density at radius 1 is 0.867 bits per heavy atom. The zero-order valence-corrected chi connectivity index (χ0v) is 16.3. The summed E-state index contributed by atoms with van der Waals surface area (Å²) in [5.74, 6) is -2.32. The van der Waals surface area contributed by atoms with Crippen LogP contribution in [0.15, 0.2) is 72.8 Å². The first kappa shape index (κ1) is 21.3.